The molecule has 6 atom stereocenters. The minimum Gasteiger partial charge on any atom is -0.479 e. The second-order valence-electron chi connectivity index (χ2n) is 21.0. The summed E-state index contributed by atoms with van der Waals surface area (Å²) in [6.45, 7) is 5.84. The largest absolute Gasteiger partial charge is 0.479 e. The van der Waals surface area contributed by atoms with Crippen LogP contribution in [0.1, 0.15) is 265 Å². The lowest BCUT2D eigenvalue weighted by Gasteiger charge is -2.40. The molecule has 0 aromatic heterocycles. The van der Waals surface area contributed by atoms with Crippen molar-refractivity contribution in [2.75, 3.05) is 13.2 Å². The van der Waals surface area contributed by atoms with Crippen LogP contribution >= 0.6 is 0 Å². The highest BCUT2D eigenvalue weighted by molar-refractivity contribution is 5.74. The van der Waals surface area contributed by atoms with Gasteiger partial charge in [0, 0.05) is 19.3 Å². The third-order valence-electron chi connectivity index (χ3n) is 13.8. The number of allylic oxidation sites excluding steroid dienone is 12. The van der Waals surface area contributed by atoms with Crippen molar-refractivity contribution in [3.8, 4) is 0 Å². The number of carbonyl (C=O) groups excluding carboxylic acids is 3. The van der Waals surface area contributed by atoms with Crippen LogP contribution in [-0.2, 0) is 42.9 Å². The molecule has 6 unspecified atom stereocenters. The van der Waals surface area contributed by atoms with E-state index in [2.05, 4.69) is 93.7 Å². The van der Waals surface area contributed by atoms with Gasteiger partial charge < -0.3 is 39.0 Å². The van der Waals surface area contributed by atoms with E-state index in [1.54, 1.807) is 0 Å². The third-order valence-corrected chi connectivity index (χ3v) is 13.8. The molecule has 1 fully saturated rings. The molecule has 0 aliphatic carbocycles. The molecule has 3 N–H and O–H groups in total. The number of ether oxygens (including phenoxy) is 5. The first-order chi connectivity index (χ1) is 37.6. The number of aliphatic hydroxyl groups excluding tert-OH is 2. The summed E-state index contributed by atoms with van der Waals surface area (Å²) < 4.78 is 28.4. The molecular weight excluding hydrogens is 973 g/mol. The van der Waals surface area contributed by atoms with Gasteiger partial charge in [0.25, 0.3) is 0 Å². The first-order valence-electron chi connectivity index (χ1n) is 30.9. The average Bonchev–Trinajstić information content (AvgIpc) is 3.42. The highest BCUT2D eigenvalue weighted by atomic mass is 16.7. The normalized spacial score (nSPS) is 18.5. The van der Waals surface area contributed by atoms with Crippen molar-refractivity contribution in [2.45, 2.75) is 302 Å². The Labute approximate surface area is 468 Å². The minimum atomic E-state index is -1.92. The number of aliphatic carboxylic acids is 1. The standard InChI is InChI=1S/C65H110O12/c1-4-7-10-13-16-19-22-24-26-28-29-31-33-35-38-41-44-47-50-53-59(68)76-63-61(70)60(69)62(64(71)72)77-65(63)74-55-56(75-58(67)52-49-46-43-40-36-21-18-15-12-9-6-3)54-73-57(66)51-48-45-42-39-37-34-32-30-27-25-23-20-17-14-11-8-5-2/h7,10,15-16,18-19,24,26,29,31,35,38,56,60-63,65,69-70H,4-6,8-9,11-14,17,20-23,25,27-28,30,32-34,36-37,39-55H2,1-3H3,(H,71,72)/b10-7-,18-15-,19-16-,26-24-,31-29-,38-35-. The number of aliphatic hydroxyl groups is 2. The maximum absolute atomic E-state index is 13.1. The van der Waals surface area contributed by atoms with E-state index in [0.717, 1.165) is 109 Å². The third kappa shape index (κ3) is 42.7. The highest BCUT2D eigenvalue weighted by Crippen LogP contribution is 2.26. The number of hydrogen-bond donors (Lipinski definition) is 3. The van der Waals surface area contributed by atoms with Crippen molar-refractivity contribution in [2.24, 2.45) is 0 Å². The van der Waals surface area contributed by atoms with Crippen molar-refractivity contribution in [3.05, 3.63) is 72.9 Å². The van der Waals surface area contributed by atoms with Gasteiger partial charge in [0.15, 0.2) is 24.6 Å². The molecule has 0 bridgehead atoms. The second-order valence-corrected chi connectivity index (χ2v) is 21.0. The Kier molecular flexibility index (Phi) is 48.8. The van der Waals surface area contributed by atoms with E-state index in [1.165, 1.54) is 96.3 Å². The van der Waals surface area contributed by atoms with Crippen molar-refractivity contribution < 1.29 is 58.2 Å². The summed E-state index contributed by atoms with van der Waals surface area (Å²) in [5, 5.41) is 31.5. The van der Waals surface area contributed by atoms with Gasteiger partial charge in [-0.05, 0) is 83.5 Å². The molecule has 0 radical (unpaired) electrons. The van der Waals surface area contributed by atoms with E-state index in [9.17, 15) is 34.5 Å². The first kappa shape index (κ1) is 71.2. The van der Waals surface area contributed by atoms with Crippen LogP contribution in [0, 0.1) is 0 Å². The number of rotatable bonds is 52. The van der Waals surface area contributed by atoms with E-state index in [0.29, 0.717) is 19.3 Å². The van der Waals surface area contributed by atoms with Gasteiger partial charge in [-0.2, -0.15) is 0 Å². The first-order valence-corrected chi connectivity index (χ1v) is 30.9. The fourth-order valence-corrected chi connectivity index (χ4v) is 9.02. The lowest BCUT2D eigenvalue weighted by atomic mass is 9.98. The van der Waals surface area contributed by atoms with E-state index >= 15 is 0 Å². The van der Waals surface area contributed by atoms with Crippen LogP contribution in [0.3, 0.4) is 0 Å². The Morgan fingerprint density at radius 3 is 1.31 bits per heavy atom. The minimum absolute atomic E-state index is 0.0196. The monoisotopic (exact) mass is 1080 g/mol. The molecular formula is C65H110O12. The highest BCUT2D eigenvalue weighted by Gasteiger charge is 2.50. The number of esters is 3. The maximum Gasteiger partial charge on any atom is 0.335 e. The van der Waals surface area contributed by atoms with Crippen LogP contribution < -0.4 is 0 Å². The molecule has 442 valence electrons. The van der Waals surface area contributed by atoms with E-state index in [1.807, 2.05) is 0 Å². The van der Waals surface area contributed by atoms with Gasteiger partial charge in [0.2, 0.25) is 0 Å². The van der Waals surface area contributed by atoms with Crippen LogP contribution in [0.25, 0.3) is 0 Å². The topological polar surface area (TPSA) is 175 Å². The van der Waals surface area contributed by atoms with E-state index in [-0.39, 0.29) is 25.9 Å². The van der Waals surface area contributed by atoms with Gasteiger partial charge in [-0.1, -0.05) is 235 Å². The Balaban J connectivity index is 2.66. The molecule has 0 aromatic carbocycles. The number of carboxylic acid groups (broad SMARTS) is 1. The smallest absolute Gasteiger partial charge is 0.335 e. The molecule has 1 aliphatic rings. The quantitative estimate of drug-likeness (QED) is 0.0228. The molecule has 0 amide bonds. The fraction of sp³-hybridized carbons (Fsp3) is 0.754. The van der Waals surface area contributed by atoms with Gasteiger partial charge >= 0.3 is 23.9 Å². The molecule has 77 heavy (non-hydrogen) atoms. The number of carboxylic acids is 1. The SMILES string of the molecule is CC/C=C\C/C=C\C/C=C\C/C=C\C/C=C\CCCCCC(=O)OC1C(OCC(COC(=O)CCCCCCCCCCCCCCCCCCC)OC(=O)CCCCCCC/C=C\CCCC)OC(C(=O)O)C(O)C1O. The van der Waals surface area contributed by atoms with Gasteiger partial charge in [-0.15, -0.1) is 0 Å². The average molecular weight is 1080 g/mol. The van der Waals surface area contributed by atoms with Crippen molar-refractivity contribution in [1.82, 2.24) is 0 Å². The Bertz CT molecular complexity index is 1620. The molecule has 1 saturated heterocycles. The van der Waals surface area contributed by atoms with Gasteiger partial charge in [-0.25, -0.2) is 4.79 Å². The molecule has 1 aliphatic heterocycles. The van der Waals surface area contributed by atoms with Gasteiger partial charge in [-0.3, -0.25) is 14.4 Å². The molecule has 1 heterocycles. The Morgan fingerprint density at radius 1 is 0.442 bits per heavy atom. The Hall–Kier alpha value is -3.84. The lowest BCUT2D eigenvalue weighted by Crippen LogP contribution is -2.61. The summed E-state index contributed by atoms with van der Waals surface area (Å²) in [7, 11) is 0. The molecule has 12 nitrogen and oxygen atoms in total. The molecule has 0 saturated carbocycles. The molecule has 0 spiro atoms. The predicted molar refractivity (Wildman–Crippen MR) is 312 cm³/mol. The van der Waals surface area contributed by atoms with Crippen LogP contribution in [-0.4, -0.2) is 89.2 Å². The number of hydrogen-bond acceptors (Lipinski definition) is 11. The maximum atomic E-state index is 13.1. The summed E-state index contributed by atoms with van der Waals surface area (Å²) in [5.74, 6) is -3.16. The van der Waals surface area contributed by atoms with Crippen molar-refractivity contribution >= 4 is 23.9 Å². The van der Waals surface area contributed by atoms with Gasteiger partial charge in [0.1, 0.15) is 18.8 Å². The fourth-order valence-electron chi connectivity index (χ4n) is 9.02. The molecule has 12 heteroatoms. The predicted octanol–water partition coefficient (Wildman–Crippen LogP) is 16.1. The Morgan fingerprint density at radius 2 is 0.831 bits per heavy atom. The molecule has 1 rings (SSSR count). The van der Waals surface area contributed by atoms with Crippen molar-refractivity contribution in [1.29, 1.82) is 0 Å². The van der Waals surface area contributed by atoms with Crippen molar-refractivity contribution in [3.63, 3.8) is 0 Å². The summed E-state index contributed by atoms with van der Waals surface area (Å²) in [6.07, 6.45) is 54.4. The zero-order valence-electron chi connectivity index (χ0n) is 48.7. The lowest BCUT2D eigenvalue weighted by molar-refractivity contribution is -0.301. The van der Waals surface area contributed by atoms with E-state index < -0.39 is 67.3 Å². The summed E-state index contributed by atoms with van der Waals surface area (Å²) in [6, 6.07) is 0. The summed E-state index contributed by atoms with van der Waals surface area (Å²) >= 11 is 0. The zero-order valence-corrected chi connectivity index (χ0v) is 48.7. The van der Waals surface area contributed by atoms with Crippen LogP contribution in [0.15, 0.2) is 72.9 Å². The molecule has 0 aromatic rings. The van der Waals surface area contributed by atoms with Crippen LogP contribution in [0.2, 0.25) is 0 Å². The van der Waals surface area contributed by atoms with Crippen LogP contribution in [0.4, 0.5) is 0 Å². The summed E-state index contributed by atoms with van der Waals surface area (Å²) in [4.78, 5) is 51.1. The zero-order chi connectivity index (χ0) is 56.1. The van der Waals surface area contributed by atoms with Crippen LogP contribution in [0.5, 0.6) is 0 Å². The number of unbranched alkanes of at least 4 members (excludes halogenated alkanes) is 26. The van der Waals surface area contributed by atoms with E-state index in [4.69, 9.17) is 23.7 Å². The number of carbonyl (C=O) groups is 4. The summed E-state index contributed by atoms with van der Waals surface area (Å²) in [5.41, 5.74) is 0. The van der Waals surface area contributed by atoms with Gasteiger partial charge in [0.05, 0.1) is 6.61 Å². The second kappa shape index (κ2) is 52.8.